The minimum atomic E-state index is -4.11. The summed E-state index contributed by atoms with van der Waals surface area (Å²) < 4.78 is 30.2. The number of carbonyl (C=O) groups excluding carboxylic acids is 3. The van der Waals surface area contributed by atoms with Gasteiger partial charge in [0.25, 0.3) is 10.0 Å². The Morgan fingerprint density at radius 3 is 2.19 bits per heavy atom. The normalized spacial score (nSPS) is 17.3. The predicted octanol–water partition coefficient (Wildman–Crippen LogP) is 5.99. The van der Waals surface area contributed by atoms with E-state index in [2.05, 4.69) is 11.9 Å². The van der Waals surface area contributed by atoms with Gasteiger partial charge in [-0.1, -0.05) is 115 Å². The molecule has 2 aliphatic rings. The van der Waals surface area contributed by atoms with Gasteiger partial charge in [-0.05, 0) is 46.5 Å². The third-order valence-corrected chi connectivity index (χ3v) is 12.3. The molecule has 1 aromatic heterocycles. The van der Waals surface area contributed by atoms with Crippen molar-refractivity contribution in [3.8, 4) is 16.9 Å². The zero-order chi connectivity index (χ0) is 40.4. The van der Waals surface area contributed by atoms with Crippen molar-refractivity contribution in [2.45, 2.75) is 36.6 Å². The topological polar surface area (TPSA) is 136 Å². The van der Waals surface area contributed by atoms with Crippen LogP contribution >= 0.6 is 0 Å². The van der Waals surface area contributed by atoms with E-state index < -0.39 is 28.3 Å². The fraction of sp³-hybridized carbons (Fsp3) is 0.178. The highest BCUT2D eigenvalue weighted by Crippen LogP contribution is 2.37. The van der Waals surface area contributed by atoms with E-state index in [1.54, 1.807) is 64.6 Å². The Morgan fingerprint density at radius 1 is 0.828 bits per heavy atom. The van der Waals surface area contributed by atoms with E-state index >= 15 is 0 Å². The zero-order valence-corrected chi connectivity index (χ0v) is 32.4. The third kappa shape index (κ3) is 7.33. The molecule has 8 rings (SSSR count). The minimum absolute atomic E-state index is 0.0235. The first-order chi connectivity index (χ1) is 28.1. The van der Waals surface area contributed by atoms with E-state index in [0.717, 1.165) is 11.1 Å². The Kier molecular flexibility index (Phi) is 10.6. The molecule has 0 unspecified atom stereocenters. The van der Waals surface area contributed by atoms with Gasteiger partial charge in [-0.2, -0.15) is 0 Å². The molecule has 6 aromatic rings. The second kappa shape index (κ2) is 16.0. The number of carbonyl (C=O) groups is 3. The van der Waals surface area contributed by atoms with Crippen LogP contribution in [0, 0.1) is 0 Å². The molecule has 13 heteroatoms. The summed E-state index contributed by atoms with van der Waals surface area (Å²) >= 11 is 0. The van der Waals surface area contributed by atoms with Crippen molar-refractivity contribution < 1.29 is 27.9 Å². The second-order valence-corrected chi connectivity index (χ2v) is 16.2. The first-order valence-electron chi connectivity index (χ1n) is 19.0. The van der Waals surface area contributed by atoms with Crippen molar-refractivity contribution in [1.82, 2.24) is 29.1 Å². The van der Waals surface area contributed by atoms with Crippen LogP contribution in [0.2, 0.25) is 0 Å². The Hall–Kier alpha value is -6.70. The molecule has 4 amide bonds. The number of phenolic OH excluding ortho intramolecular Hbond substituents is 1. The number of aromatic nitrogens is 1. The molecule has 12 nitrogen and oxygen atoms in total. The van der Waals surface area contributed by atoms with Gasteiger partial charge in [0.2, 0.25) is 11.8 Å². The number of benzene rings is 5. The summed E-state index contributed by atoms with van der Waals surface area (Å²) in [5.41, 5.74) is 4.10. The first kappa shape index (κ1) is 38.2. The van der Waals surface area contributed by atoms with Gasteiger partial charge in [0.05, 0.1) is 23.5 Å². The Labute approximate surface area is 336 Å². The van der Waals surface area contributed by atoms with E-state index in [1.807, 2.05) is 78.9 Å². The molecule has 0 spiro atoms. The van der Waals surface area contributed by atoms with Gasteiger partial charge in [0.1, 0.15) is 18.0 Å². The molecular formula is C45H42N6O6S. The maximum atomic E-state index is 14.9. The number of amides is 4. The highest BCUT2D eigenvalue weighted by atomic mass is 32.2. The SMILES string of the molecule is C=CCN1CC(=O)N2[C@@H](Cc3ccc(O)cc3)C(=O)N(Cc3cccc4c(-c5ccccc5)cn(S(=O)(=O)c5ccccc5)c34)C[C@@H]2N1C(=O)NCc1ccccc1. The van der Waals surface area contributed by atoms with Gasteiger partial charge >= 0.3 is 6.03 Å². The Balaban J connectivity index is 1.23. The molecule has 2 saturated heterocycles. The van der Waals surface area contributed by atoms with Gasteiger partial charge in [-0.25, -0.2) is 27.2 Å². The number of phenols is 1. The van der Waals surface area contributed by atoms with Crippen LogP contribution in [0.1, 0.15) is 16.7 Å². The van der Waals surface area contributed by atoms with E-state index in [4.69, 9.17) is 0 Å². The molecule has 2 atom stereocenters. The molecular weight excluding hydrogens is 753 g/mol. The summed E-state index contributed by atoms with van der Waals surface area (Å²) in [6, 6.07) is 37.7. The molecule has 3 heterocycles. The number of nitrogens with zero attached hydrogens (tertiary/aromatic N) is 5. The third-order valence-electron chi connectivity index (χ3n) is 10.7. The van der Waals surface area contributed by atoms with Crippen molar-refractivity contribution in [3.05, 3.63) is 169 Å². The number of para-hydroxylation sites is 1. The van der Waals surface area contributed by atoms with Gasteiger partial charge in [0, 0.05) is 43.2 Å². The maximum Gasteiger partial charge on any atom is 0.334 e. The standard InChI is InChI=1S/C45H42N6O6S/c1-2-25-48-31-42(53)50-40(26-32-21-23-36(52)24-22-32)44(54)47(30-41(50)51(48)45(55)46-27-33-13-6-3-7-14-33)28-35-17-12-20-38-39(34-15-8-4-9-16-34)29-49(43(35)38)58(56,57)37-18-10-5-11-19-37/h2-24,29,40-41,52H,1,25-28,30-31H2,(H,46,55)/t40-,41-/m0/s1. The lowest BCUT2D eigenvalue weighted by atomic mass is 9.97. The quantitative estimate of drug-likeness (QED) is 0.154. The van der Waals surface area contributed by atoms with Crippen molar-refractivity contribution >= 4 is 38.8 Å². The van der Waals surface area contributed by atoms with Crippen LogP contribution in [0.15, 0.2) is 157 Å². The molecule has 5 aromatic carbocycles. The monoisotopic (exact) mass is 794 g/mol. The zero-order valence-electron chi connectivity index (χ0n) is 31.6. The number of aromatic hydroxyl groups is 1. The first-order valence-corrected chi connectivity index (χ1v) is 20.4. The Bertz CT molecular complexity index is 2580. The number of urea groups is 1. The van der Waals surface area contributed by atoms with E-state index in [1.165, 1.54) is 26.0 Å². The molecule has 0 radical (unpaired) electrons. The number of piperazine rings is 1. The fourth-order valence-electron chi connectivity index (χ4n) is 7.95. The number of rotatable bonds is 11. The highest BCUT2D eigenvalue weighted by molar-refractivity contribution is 7.90. The number of hydrogen-bond donors (Lipinski definition) is 2. The van der Waals surface area contributed by atoms with Gasteiger partial charge in [0.15, 0.2) is 0 Å². The summed E-state index contributed by atoms with van der Waals surface area (Å²) in [5.74, 6) is -0.623. The van der Waals surface area contributed by atoms with Crippen LogP contribution in [-0.4, -0.2) is 87.0 Å². The molecule has 0 bridgehead atoms. The molecule has 0 aliphatic carbocycles. The lowest BCUT2D eigenvalue weighted by Crippen LogP contribution is -2.76. The maximum absolute atomic E-state index is 14.9. The molecule has 2 aliphatic heterocycles. The smallest absolute Gasteiger partial charge is 0.334 e. The van der Waals surface area contributed by atoms with Gasteiger partial charge in [-0.3, -0.25) is 9.59 Å². The lowest BCUT2D eigenvalue weighted by molar-refractivity contribution is -0.189. The average Bonchev–Trinajstić information content (AvgIpc) is 3.65. The highest BCUT2D eigenvalue weighted by Gasteiger charge is 2.51. The van der Waals surface area contributed by atoms with Crippen molar-refractivity contribution in [2.75, 3.05) is 19.6 Å². The van der Waals surface area contributed by atoms with E-state index in [9.17, 15) is 27.9 Å². The van der Waals surface area contributed by atoms with Crippen LogP contribution in [0.25, 0.3) is 22.0 Å². The predicted molar refractivity (Wildman–Crippen MR) is 220 cm³/mol. The summed E-state index contributed by atoms with van der Waals surface area (Å²) in [4.78, 5) is 46.5. The van der Waals surface area contributed by atoms with Crippen molar-refractivity contribution in [3.63, 3.8) is 0 Å². The summed E-state index contributed by atoms with van der Waals surface area (Å²) in [6.45, 7) is 4.06. The molecule has 0 saturated carbocycles. The van der Waals surface area contributed by atoms with E-state index in [-0.39, 0.29) is 61.6 Å². The van der Waals surface area contributed by atoms with Crippen LogP contribution in [-0.2, 0) is 39.1 Å². The second-order valence-electron chi connectivity index (χ2n) is 14.3. The fourth-order valence-corrected chi connectivity index (χ4v) is 9.38. The summed E-state index contributed by atoms with van der Waals surface area (Å²) in [6.07, 6.45) is 2.44. The van der Waals surface area contributed by atoms with Crippen molar-refractivity contribution in [1.29, 1.82) is 0 Å². The Morgan fingerprint density at radius 2 is 1.50 bits per heavy atom. The van der Waals surface area contributed by atoms with Gasteiger partial charge < -0.3 is 20.2 Å². The summed E-state index contributed by atoms with van der Waals surface area (Å²) in [5, 5.41) is 16.8. The number of nitrogens with one attached hydrogen (secondary N) is 1. The van der Waals surface area contributed by atoms with Crippen LogP contribution in [0.5, 0.6) is 5.75 Å². The number of hydrazine groups is 1. The lowest BCUT2D eigenvalue weighted by Gasteiger charge is -2.55. The molecule has 2 fully saturated rings. The van der Waals surface area contributed by atoms with E-state index in [0.29, 0.717) is 27.6 Å². The van der Waals surface area contributed by atoms with Gasteiger partial charge in [-0.15, -0.1) is 6.58 Å². The summed E-state index contributed by atoms with van der Waals surface area (Å²) in [7, 11) is -4.11. The van der Waals surface area contributed by atoms with Crippen molar-refractivity contribution in [2.24, 2.45) is 0 Å². The van der Waals surface area contributed by atoms with Crippen LogP contribution in [0.4, 0.5) is 4.79 Å². The molecule has 58 heavy (non-hydrogen) atoms. The van der Waals surface area contributed by atoms with Crippen LogP contribution in [0.3, 0.4) is 0 Å². The molecule has 2 N–H and O–H groups in total. The minimum Gasteiger partial charge on any atom is -0.508 e. The number of fused-ring (bicyclic) bond motifs is 2. The average molecular weight is 795 g/mol. The largest absolute Gasteiger partial charge is 0.508 e. The van der Waals surface area contributed by atoms with Crippen LogP contribution < -0.4 is 5.32 Å². The number of hydrogen-bond acceptors (Lipinski definition) is 7. The molecule has 294 valence electrons.